The third-order valence-corrected chi connectivity index (χ3v) is 5.01. The van der Waals surface area contributed by atoms with Gasteiger partial charge in [0.25, 0.3) is 0 Å². The average Bonchev–Trinajstić information content (AvgIpc) is 3.22. The van der Waals surface area contributed by atoms with Crippen LogP contribution in [0.4, 0.5) is 5.69 Å². The van der Waals surface area contributed by atoms with E-state index in [4.69, 9.17) is 0 Å². The Morgan fingerprint density at radius 3 is 2.50 bits per heavy atom. The van der Waals surface area contributed by atoms with Crippen LogP contribution in [0.25, 0.3) is 0 Å². The van der Waals surface area contributed by atoms with Crippen molar-refractivity contribution in [2.45, 2.75) is 38.6 Å². The van der Waals surface area contributed by atoms with E-state index in [1.165, 1.54) is 6.07 Å². The number of rotatable bonds is 7. The second-order valence-corrected chi connectivity index (χ2v) is 7.09. The van der Waals surface area contributed by atoms with E-state index in [-0.39, 0.29) is 29.7 Å². The Labute approximate surface area is 164 Å². The van der Waals surface area contributed by atoms with Gasteiger partial charge in [0.05, 0.1) is 12.0 Å². The van der Waals surface area contributed by atoms with E-state index in [9.17, 15) is 19.5 Å². The highest BCUT2D eigenvalue weighted by atomic mass is 16.4. The van der Waals surface area contributed by atoms with E-state index in [0.29, 0.717) is 12.1 Å². The zero-order valence-corrected chi connectivity index (χ0v) is 15.6. The SMILES string of the molecule is O=C(Cc1ccccc1C(=O)O)NCc1cccc(NC(=O)C2CCCC2)c1. The maximum atomic E-state index is 12.3. The first-order valence-electron chi connectivity index (χ1n) is 9.50. The number of nitrogens with one attached hydrogen (secondary N) is 2. The maximum Gasteiger partial charge on any atom is 0.335 e. The van der Waals surface area contributed by atoms with Crippen molar-refractivity contribution in [3.8, 4) is 0 Å². The molecule has 0 spiro atoms. The minimum Gasteiger partial charge on any atom is -0.478 e. The number of amides is 2. The topological polar surface area (TPSA) is 95.5 Å². The van der Waals surface area contributed by atoms with Gasteiger partial charge in [-0.1, -0.05) is 43.2 Å². The highest BCUT2D eigenvalue weighted by Crippen LogP contribution is 2.26. The Kier molecular flexibility index (Phi) is 6.42. The van der Waals surface area contributed by atoms with E-state index in [1.54, 1.807) is 18.2 Å². The van der Waals surface area contributed by atoms with Crippen LogP contribution in [0.15, 0.2) is 48.5 Å². The molecule has 0 aromatic heterocycles. The number of benzene rings is 2. The third-order valence-electron chi connectivity index (χ3n) is 5.01. The molecule has 3 rings (SSSR count). The van der Waals surface area contributed by atoms with Crippen LogP contribution in [-0.4, -0.2) is 22.9 Å². The maximum absolute atomic E-state index is 12.3. The molecule has 1 saturated carbocycles. The van der Waals surface area contributed by atoms with Crippen molar-refractivity contribution in [1.29, 1.82) is 0 Å². The zero-order valence-electron chi connectivity index (χ0n) is 15.6. The second-order valence-electron chi connectivity index (χ2n) is 7.09. The summed E-state index contributed by atoms with van der Waals surface area (Å²) in [5.74, 6) is -1.15. The van der Waals surface area contributed by atoms with Crippen LogP contribution in [0, 0.1) is 5.92 Å². The summed E-state index contributed by atoms with van der Waals surface area (Å²) in [6.45, 7) is 0.307. The molecule has 1 aliphatic carbocycles. The van der Waals surface area contributed by atoms with Crippen molar-refractivity contribution in [3.63, 3.8) is 0 Å². The van der Waals surface area contributed by atoms with Gasteiger partial charge >= 0.3 is 5.97 Å². The number of carboxylic acid groups (broad SMARTS) is 1. The Morgan fingerprint density at radius 1 is 1.00 bits per heavy atom. The molecular weight excluding hydrogens is 356 g/mol. The first kappa shape index (κ1) is 19.6. The molecule has 2 aromatic carbocycles. The number of carbonyl (C=O) groups excluding carboxylic acids is 2. The lowest BCUT2D eigenvalue weighted by Gasteiger charge is -2.12. The number of hydrogen-bond donors (Lipinski definition) is 3. The minimum atomic E-state index is -1.05. The van der Waals surface area contributed by atoms with Crippen LogP contribution >= 0.6 is 0 Å². The van der Waals surface area contributed by atoms with Gasteiger partial charge in [-0.15, -0.1) is 0 Å². The van der Waals surface area contributed by atoms with Gasteiger partial charge in [0.2, 0.25) is 11.8 Å². The lowest BCUT2D eigenvalue weighted by molar-refractivity contribution is -0.121. The number of aromatic carboxylic acids is 1. The van der Waals surface area contributed by atoms with Gasteiger partial charge in [-0.25, -0.2) is 4.79 Å². The van der Waals surface area contributed by atoms with E-state index in [1.807, 2.05) is 24.3 Å². The van der Waals surface area contributed by atoms with Gasteiger partial charge in [0.1, 0.15) is 0 Å². The van der Waals surface area contributed by atoms with Crippen LogP contribution < -0.4 is 10.6 Å². The fourth-order valence-corrected chi connectivity index (χ4v) is 3.51. The molecule has 28 heavy (non-hydrogen) atoms. The van der Waals surface area contributed by atoms with Gasteiger partial charge in [-0.05, 0) is 42.2 Å². The lowest BCUT2D eigenvalue weighted by atomic mass is 10.0. The largest absolute Gasteiger partial charge is 0.478 e. The van der Waals surface area contributed by atoms with Crippen LogP contribution in [-0.2, 0) is 22.6 Å². The van der Waals surface area contributed by atoms with Gasteiger partial charge in [0.15, 0.2) is 0 Å². The first-order valence-corrected chi connectivity index (χ1v) is 9.50. The summed E-state index contributed by atoms with van der Waals surface area (Å²) in [6, 6.07) is 13.9. The van der Waals surface area contributed by atoms with Gasteiger partial charge in [0, 0.05) is 18.2 Å². The fourth-order valence-electron chi connectivity index (χ4n) is 3.51. The number of hydrogen-bond acceptors (Lipinski definition) is 3. The summed E-state index contributed by atoms with van der Waals surface area (Å²) in [5, 5.41) is 15.0. The number of anilines is 1. The van der Waals surface area contributed by atoms with E-state index in [0.717, 1.165) is 36.9 Å². The van der Waals surface area contributed by atoms with Crippen molar-refractivity contribution in [2.75, 3.05) is 5.32 Å². The normalized spacial score (nSPS) is 13.9. The fraction of sp³-hybridized carbons (Fsp3) is 0.318. The predicted octanol–water partition coefficient (Wildman–Crippen LogP) is 3.37. The van der Waals surface area contributed by atoms with Crippen LogP contribution in [0.2, 0.25) is 0 Å². The number of carbonyl (C=O) groups is 3. The van der Waals surface area contributed by atoms with E-state index < -0.39 is 5.97 Å². The molecule has 0 saturated heterocycles. The Bertz CT molecular complexity index is 872. The monoisotopic (exact) mass is 380 g/mol. The summed E-state index contributed by atoms with van der Waals surface area (Å²) in [6.07, 6.45) is 4.10. The molecule has 3 N–H and O–H groups in total. The first-order chi connectivity index (χ1) is 13.5. The number of carboxylic acids is 1. The molecule has 0 aliphatic heterocycles. The third kappa shape index (κ3) is 5.19. The molecule has 0 radical (unpaired) electrons. The molecule has 0 unspecified atom stereocenters. The summed E-state index contributed by atoms with van der Waals surface area (Å²) >= 11 is 0. The standard InChI is InChI=1S/C22H24N2O4/c25-20(13-17-9-3-4-11-19(17)22(27)28)23-14-15-6-5-10-18(12-15)24-21(26)16-7-1-2-8-16/h3-6,9-12,16H,1-2,7-8,13-14H2,(H,23,25)(H,24,26)(H,27,28). The summed E-state index contributed by atoms with van der Waals surface area (Å²) in [5.41, 5.74) is 2.20. The van der Waals surface area contributed by atoms with Crippen molar-refractivity contribution in [3.05, 3.63) is 65.2 Å². The molecule has 1 fully saturated rings. The van der Waals surface area contributed by atoms with Crippen LogP contribution in [0.1, 0.15) is 47.2 Å². The summed E-state index contributed by atoms with van der Waals surface area (Å²) < 4.78 is 0. The second kappa shape index (κ2) is 9.17. The van der Waals surface area contributed by atoms with Crippen LogP contribution in [0.3, 0.4) is 0 Å². The minimum absolute atomic E-state index is 0.000575. The van der Waals surface area contributed by atoms with Gasteiger partial charge < -0.3 is 15.7 Å². The Morgan fingerprint density at radius 2 is 1.75 bits per heavy atom. The average molecular weight is 380 g/mol. The molecule has 0 atom stereocenters. The Balaban J connectivity index is 1.55. The highest BCUT2D eigenvalue weighted by molar-refractivity contribution is 5.93. The zero-order chi connectivity index (χ0) is 19.9. The molecule has 6 nitrogen and oxygen atoms in total. The summed E-state index contributed by atoms with van der Waals surface area (Å²) in [7, 11) is 0. The van der Waals surface area contributed by atoms with Gasteiger partial charge in [-0.3, -0.25) is 9.59 Å². The molecule has 1 aliphatic rings. The Hall–Kier alpha value is -3.15. The molecule has 6 heteroatoms. The molecule has 146 valence electrons. The molecule has 0 heterocycles. The van der Waals surface area contributed by atoms with E-state index in [2.05, 4.69) is 10.6 Å². The highest BCUT2D eigenvalue weighted by Gasteiger charge is 2.22. The van der Waals surface area contributed by atoms with Crippen molar-refractivity contribution >= 4 is 23.5 Å². The molecule has 0 bridgehead atoms. The quantitative estimate of drug-likeness (QED) is 0.686. The van der Waals surface area contributed by atoms with Crippen molar-refractivity contribution in [1.82, 2.24) is 5.32 Å². The predicted molar refractivity (Wildman–Crippen MR) is 106 cm³/mol. The van der Waals surface area contributed by atoms with Crippen LogP contribution in [0.5, 0.6) is 0 Å². The lowest BCUT2D eigenvalue weighted by Crippen LogP contribution is -2.25. The molecular formula is C22H24N2O4. The summed E-state index contributed by atoms with van der Waals surface area (Å²) in [4.78, 5) is 35.7. The van der Waals surface area contributed by atoms with Crippen molar-refractivity contribution in [2.24, 2.45) is 5.92 Å². The smallest absolute Gasteiger partial charge is 0.335 e. The molecule has 2 aromatic rings. The van der Waals surface area contributed by atoms with Gasteiger partial charge in [-0.2, -0.15) is 0 Å². The van der Waals surface area contributed by atoms with Crippen molar-refractivity contribution < 1.29 is 19.5 Å². The molecule has 2 amide bonds. The van der Waals surface area contributed by atoms with E-state index >= 15 is 0 Å².